The lowest BCUT2D eigenvalue weighted by Gasteiger charge is -2.26. The number of amides is 2. The van der Waals surface area contributed by atoms with Crippen molar-refractivity contribution >= 4 is 39.1 Å². The van der Waals surface area contributed by atoms with Gasteiger partial charge in [-0.2, -0.15) is 0 Å². The molecule has 1 N–H and O–H groups in total. The Kier molecular flexibility index (Phi) is 6.98. The molecule has 1 unspecified atom stereocenters. The summed E-state index contributed by atoms with van der Waals surface area (Å²) >= 11 is 0. The van der Waals surface area contributed by atoms with Gasteiger partial charge in [-0.1, -0.05) is 31.4 Å². The lowest BCUT2D eigenvalue weighted by Crippen LogP contribution is -2.45. The minimum absolute atomic E-state index is 0.0116. The summed E-state index contributed by atoms with van der Waals surface area (Å²) in [6.07, 6.45) is 6.97. The van der Waals surface area contributed by atoms with Crippen LogP contribution in [0.5, 0.6) is 0 Å². The summed E-state index contributed by atoms with van der Waals surface area (Å²) in [4.78, 5) is 51.9. The Balaban J connectivity index is 1.34. The number of rotatable bonds is 5. The van der Waals surface area contributed by atoms with Crippen LogP contribution in [-0.2, 0) is 19.6 Å². The van der Waals surface area contributed by atoms with Crippen LogP contribution in [0.1, 0.15) is 96.4 Å². The highest BCUT2D eigenvalue weighted by atomic mass is 32.2. The molecule has 2 aromatic carbocycles. The molecule has 2 aliphatic carbocycles. The first-order valence-electron chi connectivity index (χ1n) is 12.9. The second-order valence-corrected chi connectivity index (χ2v) is 11.8. The highest BCUT2D eigenvalue weighted by Gasteiger charge is 2.43. The number of sulfonamides is 1. The first-order chi connectivity index (χ1) is 17.7. The van der Waals surface area contributed by atoms with Gasteiger partial charge in [-0.25, -0.2) is 8.42 Å². The van der Waals surface area contributed by atoms with E-state index in [1.54, 1.807) is 12.1 Å². The smallest absolute Gasteiger partial charge is 0.262 e. The standard InChI is InChI=1S/C28H30N2O6S/c31-21-7-4-8-26(32)25(16-12-21)30-27(33)23-15-11-20(17-24(23)28(30)34)29-37(35,36)22-13-9-19(10-14-22)18-5-2-1-3-6-18/h9-11,13-15,17-18,25,29H,1-8,12,16H2. The summed E-state index contributed by atoms with van der Waals surface area (Å²) in [5.41, 5.74) is 1.45. The van der Waals surface area contributed by atoms with Crippen molar-refractivity contribution in [2.24, 2.45) is 0 Å². The number of anilines is 1. The maximum atomic E-state index is 13.2. The fourth-order valence-corrected chi connectivity index (χ4v) is 6.71. The van der Waals surface area contributed by atoms with Crippen LogP contribution in [0.3, 0.4) is 0 Å². The quantitative estimate of drug-likeness (QED) is 0.574. The molecule has 0 saturated heterocycles. The van der Waals surface area contributed by atoms with Crippen molar-refractivity contribution in [3.05, 3.63) is 59.2 Å². The van der Waals surface area contributed by atoms with Gasteiger partial charge in [-0.3, -0.25) is 28.8 Å². The molecule has 2 amide bonds. The molecule has 8 nitrogen and oxygen atoms in total. The van der Waals surface area contributed by atoms with Crippen molar-refractivity contribution in [3.8, 4) is 0 Å². The molecule has 37 heavy (non-hydrogen) atoms. The normalized spacial score (nSPS) is 21.5. The zero-order valence-electron chi connectivity index (χ0n) is 20.6. The first-order valence-corrected chi connectivity index (χ1v) is 14.4. The van der Waals surface area contributed by atoms with Crippen LogP contribution in [-0.4, -0.2) is 42.7 Å². The van der Waals surface area contributed by atoms with Crippen LogP contribution in [0.25, 0.3) is 0 Å². The van der Waals surface area contributed by atoms with E-state index in [0.29, 0.717) is 18.8 Å². The summed E-state index contributed by atoms with van der Waals surface area (Å²) in [5.74, 6) is -1.01. The number of ketones is 2. The molecule has 2 saturated carbocycles. The molecule has 0 bridgehead atoms. The summed E-state index contributed by atoms with van der Waals surface area (Å²) < 4.78 is 28.6. The second kappa shape index (κ2) is 10.2. The minimum atomic E-state index is -3.92. The highest BCUT2D eigenvalue weighted by molar-refractivity contribution is 7.92. The van der Waals surface area contributed by atoms with Gasteiger partial charge in [-0.05, 0) is 67.5 Å². The van der Waals surface area contributed by atoms with Gasteiger partial charge in [0.05, 0.1) is 22.1 Å². The molecular weight excluding hydrogens is 492 g/mol. The van der Waals surface area contributed by atoms with E-state index in [0.717, 1.165) is 23.3 Å². The van der Waals surface area contributed by atoms with Gasteiger partial charge in [0.25, 0.3) is 21.8 Å². The van der Waals surface area contributed by atoms with Crippen molar-refractivity contribution in [3.63, 3.8) is 0 Å². The highest BCUT2D eigenvalue weighted by Crippen LogP contribution is 2.34. The van der Waals surface area contributed by atoms with Crippen molar-refractivity contribution in [1.82, 2.24) is 4.90 Å². The van der Waals surface area contributed by atoms with Crippen molar-refractivity contribution in [1.29, 1.82) is 0 Å². The number of Topliss-reactive ketones (excluding diaryl/α,β-unsaturated/α-hetero) is 2. The molecule has 0 spiro atoms. The van der Waals surface area contributed by atoms with E-state index in [1.807, 2.05) is 12.1 Å². The number of hydrogen-bond acceptors (Lipinski definition) is 6. The number of hydrogen-bond donors (Lipinski definition) is 1. The van der Waals surface area contributed by atoms with E-state index >= 15 is 0 Å². The summed E-state index contributed by atoms with van der Waals surface area (Å²) in [5, 5.41) is 0. The largest absolute Gasteiger partial charge is 0.300 e. The van der Waals surface area contributed by atoms with E-state index < -0.39 is 27.9 Å². The van der Waals surface area contributed by atoms with Crippen molar-refractivity contribution in [2.75, 3.05) is 4.72 Å². The number of imide groups is 1. The SMILES string of the molecule is O=C1CCCC(=O)C(N2C(=O)c3ccc(NS(=O)(=O)c4ccc(C5CCCCC5)cc4)cc3C2=O)CC1. The number of fused-ring (bicyclic) bond motifs is 1. The molecule has 194 valence electrons. The molecule has 0 aromatic heterocycles. The Morgan fingerprint density at radius 2 is 1.43 bits per heavy atom. The Hall–Kier alpha value is -3.33. The van der Waals surface area contributed by atoms with Crippen molar-refractivity contribution < 1.29 is 27.6 Å². The third-order valence-corrected chi connectivity index (χ3v) is 9.09. The average molecular weight is 523 g/mol. The number of benzene rings is 2. The molecule has 1 atom stereocenters. The molecule has 0 radical (unpaired) electrons. The van der Waals surface area contributed by atoms with Gasteiger partial charge >= 0.3 is 0 Å². The molecule has 2 fully saturated rings. The first kappa shape index (κ1) is 25.3. The third kappa shape index (κ3) is 5.09. The van der Waals surface area contributed by atoms with Gasteiger partial charge in [0.1, 0.15) is 5.78 Å². The fourth-order valence-electron chi connectivity index (χ4n) is 5.66. The van der Waals surface area contributed by atoms with Crippen LogP contribution in [0.2, 0.25) is 0 Å². The summed E-state index contributed by atoms with van der Waals surface area (Å²) in [6, 6.07) is 10.1. The Morgan fingerprint density at radius 1 is 0.730 bits per heavy atom. The molecule has 3 aliphatic rings. The monoisotopic (exact) mass is 522 g/mol. The summed E-state index contributed by atoms with van der Waals surface area (Å²) in [6.45, 7) is 0. The molecule has 2 aromatic rings. The van der Waals surface area contributed by atoms with E-state index in [9.17, 15) is 27.6 Å². The van der Waals surface area contributed by atoms with Crippen LogP contribution in [0.4, 0.5) is 5.69 Å². The summed E-state index contributed by atoms with van der Waals surface area (Å²) in [7, 11) is -3.92. The zero-order chi connectivity index (χ0) is 26.2. The van der Waals surface area contributed by atoms with Gasteiger partial charge in [0.2, 0.25) is 0 Å². The average Bonchev–Trinajstić information content (AvgIpc) is 3.13. The van der Waals surface area contributed by atoms with Crippen LogP contribution in [0.15, 0.2) is 47.4 Å². The Labute approximate surface area is 216 Å². The predicted molar refractivity (Wildman–Crippen MR) is 137 cm³/mol. The Morgan fingerprint density at radius 3 is 2.16 bits per heavy atom. The van der Waals surface area contributed by atoms with Gasteiger partial charge in [-0.15, -0.1) is 0 Å². The van der Waals surface area contributed by atoms with E-state index in [2.05, 4.69) is 4.72 Å². The van der Waals surface area contributed by atoms with Crippen LogP contribution < -0.4 is 4.72 Å². The number of nitrogens with zero attached hydrogens (tertiary/aromatic N) is 1. The third-order valence-electron chi connectivity index (χ3n) is 7.70. The number of nitrogens with one attached hydrogen (secondary N) is 1. The topological polar surface area (TPSA) is 118 Å². The van der Waals surface area contributed by atoms with E-state index in [1.165, 1.54) is 37.5 Å². The molecule has 1 aliphatic heterocycles. The second-order valence-electron chi connectivity index (χ2n) is 10.2. The number of carbonyl (C=O) groups excluding carboxylic acids is 4. The molecule has 9 heteroatoms. The number of carbonyl (C=O) groups is 4. The maximum absolute atomic E-state index is 13.2. The fraction of sp³-hybridized carbons (Fsp3) is 0.429. The predicted octanol–water partition coefficient (Wildman–Crippen LogP) is 4.60. The Bertz CT molecular complexity index is 1360. The maximum Gasteiger partial charge on any atom is 0.262 e. The molecule has 1 heterocycles. The van der Waals surface area contributed by atoms with Crippen LogP contribution in [0, 0.1) is 0 Å². The molecule has 5 rings (SSSR count). The lowest BCUT2D eigenvalue weighted by atomic mass is 9.84. The van der Waals surface area contributed by atoms with E-state index in [-0.39, 0.29) is 52.5 Å². The van der Waals surface area contributed by atoms with Gasteiger partial charge < -0.3 is 0 Å². The van der Waals surface area contributed by atoms with Gasteiger partial charge in [0, 0.05) is 24.9 Å². The minimum Gasteiger partial charge on any atom is -0.300 e. The lowest BCUT2D eigenvalue weighted by molar-refractivity contribution is -0.125. The van der Waals surface area contributed by atoms with E-state index in [4.69, 9.17) is 0 Å². The molecular formula is C28H30N2O6S. The van der Waals surface area contributed by atoms with Gasteiger partial charge in [0.15, 0.2) is 5.78 Å². The van der Waals surface area contributed by atoms with Crippen molar-refractivity contribution in [2.45, 2.75) is 81.1 Å². The van der Waals surface area contributed by atoms with Crippen LogP contribution >= 0.6 is 0 Å². The zero-order valence-corrected chi connectivity index (χ0v) is 21.4.